The summed E-state index contributed by atoms with van der Waals surface area (Å²) in [7, 11) is 0. The zero-order valence-corrected chi connectivity index (χ0v) is 12.1. The van der Waals surface area contributed by atoms with E-state index in [-0.39, 0.29) is 0 Å². The van der Waals surface area contributed by atoms with E-state index in [0.717, 1.165) is 52.9 Å². The largest absolute Gasteiger partial charge is 0.398 e. The first kappa shape index (κ1) is 12.7. The fraction of sp³-hybridized carbons (Fsp3) is 0.357. The summed E-state index contributed by atoms with van der Waals surface area (Å²) in [4.78, 5) is 4.47. The average molecular weight is 322 g/mol. The smallest absolute Gasteiger partial charge is 0.0954 e. The third-order valence-corrected chi connectivity index (χ3v) is 3.89. The highest BCUT2D eigenvalue weighted by atomic mass is 79.9. The quantitative estimate of drug-likeness (QED) is 0.853. The number of nitrogens with two attached hydrogens (primary N) is 1. The number of nitrogen functional groups attached to an aromatic ring is 1. The molecule has 3 rings (SSSR count). The lowest BCUT2D eigenvalue weighted by molar-refractivity contribution is 0.187. The fourth-order valence-electron chi connectivity index (χ4n) is 2.36. The van der Waals surface area contributed by atoms with Gasteiger partial charge >= 0.3 is 0 Å². The van der Waals surface area contributed by atoms with E-state index < -0.39 is 0 Å². The maximum atomic E-state index is 6.00. The maximum Gasteiger partial charge on any atom is 0.0954 e. The Bertz CT molecular complexity index is 597. The van der Waals surface area contributed by atoms with Crippen LogP contribution in [0.4, 0.5) is 11.4 Å². The molecule has 1 aromatic carbocycles. The van der Waals surface area contributed by atoms with Gasteiger partial charge in [0.05, 0.1) is 17.8 Å². The van der Waals surface area contributed by atoms with E-state index in [1.54, 1.807) is 6.20 Å². The molecule has 1 atom stereocenters. The number of halogens is 1. The minimum absolute atomic E-state index is 0.586. The SMILES string of the molecule is Nc1ccc(NCC2CCOC2)c2ncc(Br)cc12. The second-order valence-corrected chi connectivity index (χ2v) is 5.78. The van der Waals surface area contributed by atoms with Gasteiger partial charge < -0.3 is 15.8 Å². The molecule has 5 heteroatoms. The van der Waals surface area contributed by atoms with Gasteiger partial charge in [0, 0.05) is 40.8 Å². The van der Waals surface area contributed by atoms with Crippen LogP contribution in [0, 0.1) is 5.92 Å². The monoisotopic (exact) mass is 321 g/mol. The van der Waals surface area contributed by atoms with Gasteiger partial charge in [-0.05, 0) is 40.5 Å². The van der Waals surface area contributed by atoms with Crippen LogP contribution in [0.1, 0.15) is 6.42 Å². The average Bonchev–Trinajstić information content (AvgIpc) is 2.92. The molecule has 0 aliphatic carbocycles. The Hall–Kier alpha value is -1.33. The van der Waals surface area contributed by atoms with E-state index >= 15 is 0 Å². The Balaban J connectivity index is 1.88. The molecular formula is C14H16BrN3O. The molecule has 3 N–H and O–H groups in total. The van der Waals surface area contributed by atoms with E-state index in [0.29, 0.717) is 5.92 Å². The molecule has 19 heavy (non-hydrogen) atoms. The molecule has 1 unspecified atom stereocenters. The summed E-state index contributed by atoms with van der Waals surface area (Å²) in [5, 5.41) is 4.44. The first-order chi connectivity index (χ1) is 9.24. The highest BCUT2D eigenvalue weighted by Crippen LogP contribution is 2.29. The molecule has 1 aliphatic rings. The van der Waals surface area contributed by atoms with E-state index in [1.165, 1.54) is 0 Å². The van der Waals surface area contributed by atoms with Gasteiger partial charge in [-0.3, -0.25) is 4.98 Å². The van der Waals surface area contributed by atoms with E-state index in [4.69, 9.17) is 10.5 Å². The summed E-state index contributed by atoms with van der Waals surface area (Å²) in [5.74, 6) is 0.586. The predicted molar refractivity (Wildman–Crippen MR) is 81.3 cm³/mol. The minimum atomic E-state index is 0.586. The molecule has 0 amide bonds. The number of nitrogens with one attached hydrogen (secondary N) is 1. The van der Waals surface area contributed by atoms with Crippen LogP contribution in [0.15, 0.2) is 28.9 Å². The van der Waals surface area contributed by atoms with Crippen LogP contribution in [0.2, 0.25) is 0 Å². The summed E-state index contributed by atoms with van der Waals surface area (Å²) in [6.07, 6.45) is 2.92. The van der Waals surface area contributed by atoms with Gasteiger partial charge in [-0.25, -0.2) is 0 Å². The number of benzene rings is 1. The molecule has 0 saturated carbocycles. The number of aromatic nitrogens is 1. The zero-order chi connectivity index (χ0) is 13.2. The molecule has 1 aromatic heterocycles. The van der Waals surface area contributed by atoms with Crippen molar-refractivity contribution in [3.63, 3.8) is 0 Å². The van der Waals surface area contributed by atoms with Crippen molar-refractivity contribution in [1.29, 1.82) is 0 Å². The molecule has 1 aliphatic heterocycles. The van der Waals surface area contributed by atoms with Crippen LogP contribution < -0.4 is 11.1 Å². The van der Waals surface area contributed by atoms with Gasteiger partial charge in [0.1, 0.15) is 0 Å². The number of hydrogen-bond acceptors (Lipinski definition) is 4. The van der Waals surface area contributed by atoms with Gasteiger partial charge in [-0.1, -0.05) is 0 Å². The summed E-state index contributed by atoms with van der Waals surface area (Å²) in [6.45, 7) is 2.63. The lowest BCUT2D eigenvalue weighted by atomic mass is 10.1. The lowest BCUT2D eigenvalue weighted by Crippen LogP contribution is -2.14. The third kappa shape index (κ3) is 2.67. The Kier molecular flexibility index (Phi) is 3.57. The van der Waals surface area contributed by atoms with E-state index in [1.807, 2.05) is 18.2 Å². The van der Waals surface area contributed by atoms with Gasteiger partial charge in [-0.15, -0.1) is 0 Å². The maximum absolute atomic E-state index is 6.00. The summed E-state index contributed by atoms with van der Waals surface area (Å²) in [5.41, 5.74) is 8.70. The number of fused-ring (bicyclic) bond motifs is 1. The summed E-state index contributed by atoms with van der Waals surface area (Å²) >= 11 is 3.43. The summed E-state index contributed by atoms with van der Waals surface area (Å²) in [6, 6.07) is 5.92. The predicted octanol–water partition coefficient (Wildman–Crippen LogP) is 3.03. The number of anilines is 2. The van der Waals surface area contributed by atoms with E-state index in [9.17, 15) is 0 Å². The first-order valence-electron chi connectivity index (χ1n) is 6.39. The first-order valence-corrected chi connectivity index (χ1v) is 7.18. The van der Waals surface area contributed by atoms with Crippen molar-refractivity contribution in [2.45, 2.75) is 6.42 Å². The Labute approximate surface area is 120 Å². The standard InChI is InChI=1S/C14H16BrN3O/c15-10-5-11-12(16)1-2-13(14(11)18-7-10)17-6-9-3-4-19-8-9/h1-2,5,7,9,17H,3-4,6,8,16H2. The van der Waals surface area contributed by atoms with E-state index in [2.05, 4.69) is 26.2 Å². The zero-order valence-electron chi connectivity index (χ0n) is 10.5. The lowest BCUT2D eigenvalue weighted by Gasteiger charge is -2.13. The second-order valence-electron chi connectivity index (χ2n) is 4.86. The van der Waals surface area contributed by atoms with Crippen LogP contribution >= 0.6 is 15.9 Å². The Morgan fingerprint density at radius 1 is 1.47 bits per heavy atom. The van der Waals surface area contributed by atoms with Gasteiger partial charge in [-0.2, -0.15) is 0 Å². The highest BCUT2D eigenvalue weighted by molar-refractivity contribution is 9.10. The number of pyridine rings is 1. The third-order valence-electron chi connectivity index (χ3n) is 3.46. The molecule has 0 radical (unpaired) electrons. The molecule has 2 heterocycles. The van der Waals surface area contributed by atoms with Crippen molar-refractivity contribution >= 4 is 38.2 Å². The molecule has 100 valence electrons. The molecule has 0 bridgehead atoms. The molecule has 1 fully saturated rings. The number of ether oxygens (including phenoxy) is 1. The van der Waals surface area contributed by atoms with Crippen molar-refractivity contribution < 1.29 is 4.74 Å². The van der Waals surface area contributed by atoms with Crippen LogP contribution in [-0.2, 0) is 4.74 Å². The molecule has 0 spiro atoms. The number of nitrogens with zero attached hydrogens (tertiary/aromatic N) is 1. The van der Waals surface area contributed by atoms with Crippen LogP contribution in [0.3, 0.4) is 0 Å². The fourth-order valence-corrected chi connectivity index (χ4v) is 2.69. The van der Waals surface area contributed by atoms with Gasteiger partial charge in [0.15, 0.2) is 0 Å². The Morgan fingerprint density at radius 2 is 2.37 bits per heavy atom. The second kappa shape index (κ2) is 5.35. The topological polar surface area (TPSA) is 60.2 Å². The van der Waals surface area contributed by atoms with Crippen LogP contribution in [-0.4, -0.2) is 24.7 Å². The van der Waals surface area contributed by atoms with Crippen molar-refractivity contribution in [1.82, 2.24) is 4.98 Å². The Morgan fingerprint density at radius 3 is 3.16 bits per heavy atom. The van der Waals surface area contributed by atoms with Crippen molar-refractivity contribution in [3.8, 4) is 0 Å². The number of rotatable bonds is 3. The van der Waals surface area contributed by atoms with Crippen LogP contribution in [0.25, 0.3) is 10.9 Å². The van der Waals surface area contributed by atoms with Gasteiger partial charge in [0.25, 0.3) is 0 Å². The summed E-state index contributed by atoms with van der Waals surface area (Å²) < 4.78 is 6.32. The van der Waals surface area contributed by atoms with Crippen LogP contribution in [0.5, 0.6) is 0 Å². The molecule has 4 nitrogen and oxygen atoms in total. The van der Waals surface area contributed by atoms with Crippen molar-refractivity contribution in [2.24, 2.45) is 5.92 Å². The molecule has 2 aromatic rings. The minimum Gasteiger partial charge on any atom is -0.398 e. The molecular weight excluding hydrogens is 306 g/mol. The normalized spacial score (nSPS) is 18.9. The van der Waals surface area contributed by atoms with Crippen molar-refractivity contribution in [2.75, 3.05) is 30.8 Å². The van der Waals surface area contributed by atoms with Crippen molar-refractivity contribution in [3.05, 3.63) is 28.9 Å². The number of hydrogen-bond donors (Lipinski definition) is 2. The van der Waals surface area contributed by atoms with Gasteiger partial charge in [0.2, 0.25) is 0 Å². The highest BCUT2D eigenvalue weighted by Gasteiger charge is 2.15. The molecule has 1 saturated heterocycles.